The standard InChI is InChI=1S/C16H16ClNO2/c1-11(13-5-3-7-15(19)9-13)18-16(20)14-6-2-4-12(8-14)10-17/h2-9,11,19H,10H2,1H3,(H,18,20). The van der Waals surface area contributed by atoms with Crippen LogP contribution in [-0.2, 0) is 5.88 Å². The average molecular weight is 290 g/mol. The maximum atomic E-state index is 12.2. The summed E-state index contributed by atoms with van der Waals surface area (Å²) in [5, 5.41) is 12.4. The fourth-order valence-electron chi connectivity index (χ4n) is 1.95. The Morgan fingerprint density at radius 1 is 1.25 bits per heavy atom. The van der Waals surface area contributed by atoms with E-state index >= 15 is 0 Å². The monoisotopic (exact) mass is 289 g/mol. The Hall–Kier alpha value is -2.00. The number of carbonyl (C=O) groups excluding carboxylic acids is 1. The summed E-state index contributed by atoms with van der Waals surface area (Å²) in [5.74, 6) is 0.406. The number of benzene rings is 2. The molecular formula is C16H16ClNO2. The Morgan fingerprint density at radius 2 is 2.00 bits per heavy atom. The number of hydrogen-bond acceptors (Lipinski definition) is 2. The third kappa shape index (κ3) is 3.52. The van der Waals surface area contributed by atoms with Crippen molar-refractivity contribution >= 4 is 17.5 Å². The summed E-state index contributed by atoms with van der Waals surface area (Å²) >= 11 is 5.76. The van der Waals surface area contributed by atoms with Gasteiger partial charge in [-0.3, -0.25) is 4.79 Å². The molecule has 2 aromatic rings. The van der Waals surface area contributed by atoms with Gasteiger partial charge in [0, 0.05) is 11.4 Å². The van der Waals surface area contributed by atoms with E-state index in [0.29, 0.717) is 11.4 Å². The first-order chi connectivity index (χ1) is 9.60. The molecule has 0 aromatic heterocycles. The Balaban J connectivity index is 2.10. The van der Waals surface area contributed by atoms with Gasteiger partial charge in [-0.2, -0.15) is 0 Å². The van der Waals surface area contributed by atoms with E-state index in [-0.39, 0.29) is 17.7 Å². The molecule has 104 valence electrons. The molecule has 0 spiro atoms. The van der Waals surface area contributed by atoms with Gasteiger partial charge in [0.15, 0.2) is 0 Å². The first kappa shape index (κ1) is 14.4. The predicted molar refractivity (Wildman–Crippen MR) is 80.0 cm³/mol. The van der Waals surface area contributed by atoms with Crippen LogP contribution in [0.1, 0.15) is 34.5 Å². The molecule has 0 aliphatic rings. The minimum absolute atomic E-state index is 0.159. The maximum Gasteiger partial charge on any atom is 0.251 e. The van der Waals surface area contributed by atoms with Gasteiger partial charge in [-0.05, 0) is 42.3 Å². The van der Waals surface area contributed by atoms with Crippen molar-refractivity contribution in [1.82, 2.24) is 5.32 Å². The Morgan fingerprint density at radius 3 is 2.70 bits per heavy atom. The van der Waals surface area contributed by atoms with E-state index in [9.17, 15) is 9.90 Å². The molecule has 0 saturated heterocycles. The quantitative estimate of drug-likeness (QED) is 0.845. The molecule has 1 unspecified atom stereocenters. The van der Waals surface area contributed by atoms with E-state index in [1.807, 2.05) is 25.1 Å². The molecule has 3 nitrogen and oxygen atoms in total. The van der Waals surface area contributed by atoms with Crippen molar-refractivity contribution in [3.63, 3.8) is 0 Å². The summed E-state index contributed by atoms with van der Waals surface area (Å²) in [5.41, 5.74) is 2.34. The van der Waals surface area contributed by atoms with Crippen molar-refractivity contribution in [1.29, 1.82) is 0 Å². The van der Waals surface area contributed by atoms with Crippen molar-refractivity contribution in [3.8, 4) is 5.75 Å². The van der Waals surface area contributed by atoms with Crippen LogP contribution in [0.3, 0.4) is 0 Å². The van der Waals surface area contributed by atoms with Crippen molar-refractivity contribution in [2.45, 2.75) is 18.8 Å². The number of amides is 1. The zero-order chi connectivity index (χ0) is 14.5. The summed E-state index contributed by atoms with van der Waals surface area (Å²) in [7, 11) is 0. The van der Waals surface area contributed by atoms with Crippen LogP contribution in [0.5, 0.6) is 5.75 Å². The van der Waals surface area contributed by atoms with E-state index in [2.05, 4.69) is 5.32 Å². The third-order valence-electron chi connectivity index (χ3n) is 3.06. The molecule has 2 aromatic carbocycles. The Kier molecular flexibility index (Phi) is 4.64. The fourth-order valence-corrected chi connectivity index (χ4v) is 2.12. The minimum atomic E-state index is -0.186. The van der Waals surface area contributed by atoms with E-state index in [1.165, 1.54) is 0 Å². The second-order valence-corrected chi connectivity index (χ2v) is 4.89. The number of hydrogen-bond donors (Lipinski definition) is 2. The number of alkyl halides is 1. The summed E-state index contributed by atoms with van der Waals surface area (Å²) < 4.78 is 0. The van der Waals surface area contributed by atoms with E-state index in [0.717, 1.165) is 11.1 Å². The average Bonchev–Trinajstić information content (AvgIpc) is 2.47. The normalized spacial score (nSPS) is 11.9. The maximum absolute atomic E-state index is 12.2. The van der Waals surface area contributed by atoms with Crippen LogP contribution in [0.15, 0.2) is 48.5 Å². The lowest BCUT2D eigenvalue weighted by molar-refractivity contribution is 0.0939. The molecular weight excluding hydrogens is 274 g/mol. The lowest BCUT2D eigenvalue weighted by atomic mass is 10.1. The highest BCUT2D eigenvalue weighted by molar-refractivity contribution is 6.17. The number of aromatic hydroxyl groups is 1. The van der Waals surface area contributed by atoms with Gasteiger partial charge in [0.05, 0.1) is 6.04 Å². The highest BCUT2D eigenvalue weighted by atomic mass is 35.5. The summed E-state index contributed by atoms with van der Waals surface area (Å²) in [6.45, 7) is 1.87. The second kappa shape index (κ2) is 6.44. The number of phenols is 1. The molecule has 2 N–H and O–H groups in total. The summed E-state index contributed by atoms with van der Waals surface area (Å²) in [6, 6.07) is 13.9. The smallest absolute Gasteiger partial charge is 0.251 e. The van der Waals surface area contributed by atoms with Gasteiger partial charge in [-0.1, -0.05) is 24.3 Å². The Labute approximate surface area is 123 Å². The molecule has 0 bridgehead atoms. The van der Waals surface area contributed by atoms with Gasteiger partial charge in [0.1, 0.15) is 5.75 Å². The molecule has 20 heavy (non-hydrogen) atoms. The SMILES string of the molecule is CC(NC(=O)c1cccc(CCl)c1)c1cccc(O)c1. The lowest BCUT2D eigenvalue weighted by Crippen LogP contribution is -2.26. The zero-order valence-corrected chi connectivity index (χ0v) is 11.9. The largest absolute Gasteiger partial charge is 0.508 e. The number of halogens is 1. The first-order valence-electron chi connectivity index (χ1n) is 6.35. The molecule has 2 rings (SSSR count). The van der Waals surface area contributed by atoms with Gasteiger partial charge in [-0.25, -0.2) is 0 Å². The summed E-state index contributed by atoms with van der Waals surface area (Å²) in [6.07, 6.45) is 0. The zero-order valence-electron chi connectivity index (χ0n) is 11.1. The van der Waals surface area contributed by atoms with Crippen LogP contribution in [0, 0.1) is 0 Å². The van der Waals surface area contributed by atoms with E-state index < -0.39 is 0 Å². The number of carbonyl (C=O) groups is 1. The highest BCUT2D eigenvalue weighted by Gasteiger charge is 2.12. The molecule has 0 aliphatic carbocycles. The van der Waals surface area contributed by atoms with Crippen LogP contribution in [0.25, 0.3) is 0 Å². The Bertz CT molecular complexity index is 613. The highest BCUT2D eigenvalue weighted by Crippen LogP contribution is 2.18. The molecule has 1 amide bonds. The molecule has 0 radical (unpaired) electrons. The van der Waals surface area contributed by atoms with Crippen molar-refractivity contribution in [2.75, 3.05) is 0 Å². The topological polar surface area (TPSA) is 49.3 Å². The number of nitrogens with one attached hydrogen (secondary N) is 1. The van der Waals surface area contributed by atoms with Gasteiger partial charge < -0.3 is 10.4 Å². The minimum Gasteiger partial charge on any atom is -0.508 e. The third-order valence-corrected chi connectivity index (χ3v) is 3.37. The van der Waals surface area contributed by atoms with Crippen molar-refractivity contribution < 1.29 is 9.90 Å². The molecule has 0 aliphatic heterocycles. The van der Waals surface area contributed by atoms with Crippen LogP contribution < -0.4 is 5.32 Å². The van der Waals surface area contributed by atoms with E-state index in [1.54, 1.807) is 30.3 Å². The number of rotatable bonds is 4. The molecule has 0 saturated carbocycles. The molecule has 1 atom stereocenters. The summed E-state index contributed by atoms with van der Waals surface area (Å²) in [4.78, 5) is 12.2. The molecule has 4 heteroatoms. The molecule has 0 heterocycles. The van der Waals surface area contributed by atoms with Gasteiger partial charge in [-0.15, -0.1) is 11.6 Å². The lowest BCUT2D eigenvalue weighted by Gasteiger charge is -2.15. The van der Waals surface area contributed by atoms with Crippen molar-refractivity contribution in [3.05, 3.63) is 65.2 Å². The van der Waals surface area contributed by atoms with Crippen molar-refractivity contribution in [2.24, 2.45) is 0 Å². The van der Waals surface area contributed by atoms with Crippen LogP contribution in [0.2, 0.25) is 0 Å². The fraction of sp³-hybridized carbons (Fsp3) is 0.188. The van der Waals surface area contributed by atoms with Gasteiger partial charge in [0.2, 0.25) is 0 Å². The van der Waals surface area contributed by atoms with Crippen LogP contribution in [0.4, 0.5) is 0 Å². The van der Waals surface area contributed by atoms with Crippen LogP contribution in [-0.4, -0.2) is 11.0 Å². The number of phenolic OH excluding ortho intramolecular Hbond substituents is 1. The van der Waals surface area contributed by atoms with Gasteiger partial charge >= 0.3 is 0 Å². The molecule has 0 fully saturated rings. The van der Waals surface area contributed by atoms with E-state index in [4.69, 9.17) is 11.6 Å². The predicted octanol–water partition coefficient (Wildman–Crippen LogP) is 3.62. The van der Waals surface area contributed by atoms with Crippen LogP contribution >= 0.6 is 11.6 Å². The second-order valence-electron chi connectivity index (χ2n) is 4.62. The van der Waals surface area contributed by atoms with Gasteiger partial charge in [0.25, 0.3) is 5.91 Å². The first-order valence-corrected chi connectivity index (χ1v) is 6.88.